The molecular weight excluding hydrogens is 300 g/mol. The summed E-state index contributed by atoms with van der Waals surface area (Å²) in [4.78, 5) is 0. The molecule has 0 fully saturated rings. The Hall–Kier alpha value is -1.40. The molecule has 100 valence electrons. The van der Waals surface area contributed by atoms with E-state index in [4.69, 9.17) is 0 Å². The van der Waals surface area contributed by atoms with E-state index in [1.807, 2.05) is 0 Å². The molecule has 0 N–H and O–H groups in total. The zero-order chi connectivity index (χ0) is 14.5. The normalized spacial score (nSPS) is 21.4. The first-order chi connectivity index (χ1) is 8.77. The number of fused-ring (bicyclic) bond motifs is 1. The van der Waals surface area contributed by atoms with E-state index < -0.39 is 67.4 Å². The van der Waals surface area contributed by atoms with E-state index in [1.165, 1.54) is 0 Å². The van der Waals surface area contributed by atoms with Crippen molar-refractivity contribution < 1.29 is 38.3 Å². The maximum atomic E-state index is 13.9. The van der Waals surface area contributed by atoms with Crippen LogP contribution in [-0.2, 0) is 13.4 Å². The summed E-state index contributed by atoms with van der Waals surface area (Å²) in [6.45, 7) is 0. The molecule has 0 amide bonds. The number of alkyl halides is 1. The average Bonchev–Trinajstić information content (AvgIpc) is 2.56. The van der Waals surface area contributed by atoms with Gasteiger partial charge in [0, 0.05) is 0 Å². The number of benzene rings is 1. The molecule has 0 aromatic heterocycles. The fraction of sp³-hybridized carbons (Fsp3) is 0.111. The fourth-order valence-corrected chi connectivity index (χ4v) is 2.03. The van der Waals surface area contributed by atoms with E-state index in [0.29, 0.717) is 0 Å². The quantitative estimate of drug-likeness (QED) is 0.363. The molecule has 1 atom stereocenters. The molecule has 19 heavy (non-hydrogen) atoms. The Morgan fingerprint density at radius 1 is 0.895 bits per heavy atom. The van der Waals surface area contributed by atoms with Crippen LogP contribution in [0.4, 0.5) is 30.7 Å². The van der Waals surface area contributed by atoms with E-state index in [0.717, 1.165) is 0 Å². The summed E-state index contributed by atoms with van der Waals surface area (Å²) in [5.41, 5.74) is -3.63. The van der Waals surface area contributed by atoms with Crippen molar-refractivity contribution in [3.8, 4) is 0 Å². The van der Waals surface area contributed by atoms with Gasteiger partial charge in [0.05, 0.1) is 0 Å². The topological polar surface area (TPSA) is 26.3 Å². The summed E-state index contributed by atoms with van der Waals surface area (Å²) in [6, 6.07) is 0. The molecule has 2 rings (SSSR count). The molecule has 1 aromatic carbocycles. The average molecular weight is 300 g/mol. The number of halogens is 7. The van der Waals surface area contributed by atoms with Crippen molar-refractivity contribution in [2.45, 2.75) is 5.85 Å². The summed E-state index contributed by atoms with van der Waals surface area (Å²) in [7, 11) is 0. The Labute approximate surface area is 106 Å². The van der Waals surface area contributed by atoms with Crippen LogP contribution in [0.3, 0.4) is 0 Å². The maximum absolute atomic E-state index is 13.9. The van der Waals surface area contributed by atoms with Crippen LogP contribution in [0.2, 0.25) is 0 Å². The van der Waals surface area contributed by atoms with Gasteiger partial charge in [-0.1, -0.05) is 0 Å². The first kappa shape index (κ1) is 14.0. The van der Waals surface area contributed by atoms with E-state index in [2.05, 4.69) is 3.79 Å². The molecule has 10 heteroatoms. The van der Waals surface area contributed by atoms with Crippen molar-refractivity contribution in [1.29, 1.82) is 0 Å². The van der Waals surface area contributed by atoms with Gasteiger partial charge in [0.1, 0.15) is 0 Å². The molecule has 0 aliphatic heterocycles. The molecule has 1 unspecified atom stereocenters. The standard InChI is InChI=1S/C9F7O.Al.O/c10-3-1-2(5(12)7(14)6(3)13)9(16,17)8(15)4(1)11;;/q-1;+1;. The molecule has 1 aliphatic carbocycles. The Bertz CT molecular complexity index is 630. The van der Waals surface area contributed by atoms with Crippen molar-refractivity contribution in [3.63, 3.8) is 0 Å². The Kier molecular flexibility index (Phi) is 3.18. The van der Waals surface area contributed by atoms with Gasteiger partial charge in [-0.25, -0.2) is 0 Å². The predicted octanol–water partition coefficient (Wildman–Crippen LogP) is 2.97. The molecule has 0 radical (unpaired) electrons. The first-order valence-corrected chi connectivity index (χ1v) is 5.44. The fourth-order valence-electron chi connectivity index (χ4n) is 1.68. The van der Waals surface area contributed by atoms with Crippen molar-refractivity contribution in [1.82, 2.24) is 0 Å². The second-order valence-electron chi connectivity index (χ2n) is 3.44. The summed E-state index contributed by atoms with van der Waals surface area (Å²) in [5, 5.41) is 0. The summed E-state index contributed by atoms with van der Waals surface area (Å²) >= 11 is -2.51. The predicted molar refractivity (Wildman–Crippen MR) is 45.7 cm³/mol. The number of rotatable bonds is 2. The van der Waals surface area contributed by atoms with Gasteiger partial charge in [0.2, 0.25) is 0 Å². The van der Waals surface area contributed by atoms with E-state index >= 15 is 0 Å². The van der Waals surface area contributed by atoms with Gasteiger partial charge in [0.25, 0.3) is 0 Å². The third-order valence-corrected chi connectivity index (χ3v) is 2.91. The third-order valence-electron chi connectivity index (χ3n) is 2.49. The zero-order valence-electron chi connectivity index (χ0n) is 8.54. The summed E-state index contributed by atoms with van der Waals surface area (Å²) in [5.74, 6) is -18.4. The van der Waals surface area contributed by atoms with Crippen molar-refractivity contribution in [3.05, 3.63) is 40.2 Å². The molecule has 0 saturated heterocycles. The van der Waals surface area contributed by atoms with Crippen LogP contribution in [0.25, 0.3) is 5.83 Å². The monoisotopic (exact) mass is 300 g/mol. The van der Waals surface area contributed by atoms with Gasteiger partial charge in [-0.05, 0) is 0 Å². The zero-order valence-corrected chi connectivity index (χ0v) is 9.69. The molecule has 0 spiro atoms. The van der Waals surface area contributed by atoms with Gasteiger partial charge < -0.3 is 0 Å². The van der Waals surface area contributed by atoms with E-state index in [-0.39, 0.29) is 0 Å². The van der Waals surface area contributed by atoms with Gasteiger partial charge >= 0.3 is 106 Å². The number of hydrogen-bond donors (Lipinski definition) is 0. The molecule has 0 heterocycles. The molecule has 0 saturated carbocycles. The summed E-state index contributed by atoms with van der Waals surface area (Å²) in [6.07, 6.45) is 0. The SMILES string of the molecule is [O]=[Al][O]C1(F)C(F)=C(F)c2c(F)c(F)c(F)c(F)c21. The van der Waals surface area contributed by atoms with Crippen LogP contribution in [-0.4, -0.2) is 15.5 Å². The van der Waals surface area contributed by atoms with Gasteiger partial charge in [-0.15, -0.1) is 0 Å². The van der Waals surface area contributed by atoms with Crippen LogP contribution in [0.15, 0.2) is 5.83 Å². The van der Waals surface area contributed by atoms with E-state index in [9.17, 15) is 34.5 Å². The van der Waals surface area contributed by atoms with Crippen LogP contribution in [0.5, 0.6) is 0 Å². The molecule has 2 nitrogen and oxygen atoms in total. The second kappa shape index (κ2) is 4.32. The Morgan fingerprint density at radius 3 is 1.95 bits per heavy atom. The Morgan fingerprint density at radius 2 is 1.42 bits per heavy atom. The van der Waals surface area contributed by atoms with Crippen molar-refractivity contribution >= 4 is 21.3 Å². The van der Waals surface area contributed by atoms with Gasteiger partial charge in [-0.2, -0.15) is 0 Å². The van der Waals surface area contributed by atoms with Crippen LogP contribution in [0.1, 0.15) is 11.1 Å². The Balaban J connectivity index is 2.92. The molecule has 1 aromatic rings. The van der Waals surface area contributed by atoms with Crippen molar-refractivity contribution in [2.75, 3.05) is 0 Å². The van der Waals surface area contributed by atoms with Crippen LogP contribution in [0, 0.1) is 23.3 Å². The van der Waals surface area contributed by atoms with Crippen LogP contribution >= 0.6 is 0 Å². The van der Waals surface area contributed by atoms with Gasteiger partial charge in [0.15, 0.2) is 0 Å². The summed E-state index contributed by atoms with van der Waals surface area (Å²) < 4.78 is 107. The second-order valence-corrected chi connectivity index (χ2v) is 3.87. The van der Waals surface area contributed by atoms with Gasteiger partial charge in [-0.3, -0.25) is 0 Å². The van der Waals surface area contributed by atoms with Crippen molar-refractivity contribution in [2.24, 2.45) is 0 Å². The van der Waals surface area contributed by atoms with E-state index in [1.54, 1.807) is 0 Å². The first-order valence-electron chi connectivity index (χ1n) is 4.50. The number of hydrogen-bond acceptors (Lipinski definition) is 2. The minimum atomic E-state index is -4.09. The minimum absolute atomic E-state index is 1.77. The third kappa shape index (κ3) is 1.63. The molecular formula is C9AlF7O2. The molecule has 1 aliphatic rings. The van der Waals surface area contributed by atoms with Crippen LogP contribution < -0.4 is 0 Å². The molecule has 0 bridgehead atoms.